The molecule has 0 bridgehead atoms. The molecule has 0 radical (unpaired) electrons. The van der Waals surface area contributed by atoms with Crippen LogP contribution in [0.1, 0.15) is 19.4 Å². The highest BCUT2D eigenvalue weighted by molar-refractivity contribution is 14.0. The third-order valence-corrected chi connectivity index (χ3v) is 4.85. The number of thioether (sulfide) groups is 1. The van der Waals surface area contributed by atoms with Crippen LogP contribution in [0.15, 0.2) is 29.3 Å². The van der Waals surface area contributed by atoms with Crippen LogP contribution in [0, 0.1) is 0 Å². The average Bonchev–Trinajstić information content (AvgIpc) is 2.46. The highest BCUT2D eigenvalue weighted by Crippen LogP contribution is 2.29. The summed E-state index contributed by atoms with van der Waals surface area (Å²) in [7, 11) is 0. The average molecular weight is 440 g/mol. The van der Waals surface area contributed by atoms with E-state index in [-0.39, 0.29) is 29.4 Å². The van der Waals surface area contributed by atoms with Gasteiger partial charge in [0, 0.05) is 35.0 Å². The summed E-state index contributed by atoms with van der Waals surface area (Å²) in [5.41, 5.74) is 7.11. The van der Waals surface area contributed by atoms with Gasteiger partial charge in [0.2, 0.25) is 0 Å². The number of nitrogens with two attached hydrogens (primary N) is 1. The first-order valence-electron chi connectivity index (χ1n) is 6.88. The van der Waals surface area contributed by atoms with Gasteiger partial charge >= 0.3 is 0 Å². The van der Waals surface area contributed by atoms with Crippen molar-refractivity contribution in [1.82, 2.24) is 4.90 Å². The number of benzene rings is 1. The Morgan fingerprint density at radius 1 is 1.33 bits per heavy atom. The van der Waals surface area contributed by atoms with Crippen LogP contribution in [0.3, 0.4) is 0 Å². The van der Waals surface area contributed by atoms with E-state index in [4.69, 9.17) is 17.3 Å². The van der Waals surface area contributed by atoms with E-state index in [0.29, 0.717) is 12.5 Å². The van der Waals surface area contributed by atoms with E-state index in [2.05, 4.69) is 29.8 Å². The zero-order valence-corrected chi connectivity index (χ0v) is 16.4. The van der Waals surface area contributed by atoms with Crippen molar-refractivity contribution < 1.29 is 0 Å². The highest BCUT2D eigenvalue weighted by atomic mass is 127. The Morgan fingerprint density at radius 2 is 1.95 bits per heavy atom. The predicted octanol–water partition coefficient (Wildman–Crippen LogP) is 3.60. The second-order valence-corrected chi connectivity index (χ2v) is 7.27. The molecule has 0 unspecified atom stereocenters. The lowest BCUT2D eigenvalue weighted by Crippen LogP contribution is -2.43. The van der Waals surface area contributed by atoms with Crippen LogP contribution < -0.4 is 5.73 Å². The van der Waals surface area contributed by atoms with Crippen LogP contribution in [0.25, 0.3) is 0 Å². The van der Waals surface area contributed by atoms with E-state index in [1.807, 2.05) is 30.0 Å². The van der Waals surface area contributed by atoms with Crippen molar-refractivity contribution in [1.29, 1.82) is 0 Å². The minimum Gasteiger partial charge on any atom is -0.370 e. The molecule has 1 aliphatic heterocycles. The Morgan fingerprint density at radius 3 is 2.57 bits per heavy atom. The van der Waals surface area contributed by atoms with Gasteiger partial charge in [0.1, 0.15) is 0 Å². The minimum absolute atomic E-state index is 0. The maximum Gasteiger partial charge on any atom is 0.191 e. The molecule has 0 aromatic heterocycles. The summed E-state index contributed by atoms with van der Waals surface area (Å²) in [6.07, 6.45) is 0. The highest BCUT2D eigenvalue weighted by Gasteiger charge is 2.23. The van der Waals surface area contributed by atoms with Crippen molar-refractivity contribution in [2.24, 2.45) is 10.7 Å². The van der Waals surface area contributed by atoms with E-state index >= 15 is 0 Å². The van der Waals surface area contributed by atoms with E-state index in [1.165, 1.54) is 0 Å². The molecule has 0 spiro atoms. The third kappa shape index (κ3) is 5.21. The zero-order chi connectivity index (χ0) is 14.6. The van der Waals surface area contributed by atoms with Gasteiger partial charge in [-0.1, -0.05) is 43.6 Å². The number of halogens is 2. The van der Waals surface area contributed by atoms with Crippen LogP contribution in [0.2, 0.25) is 5.02 Å². The fraction of sp³-hybridized carbons (Fsp3) is 0.533. The normalized spacial score (nSPS) is 16.5. The van der Waals surface area contributed by atoms with Gasteiger partial charge in [0.05, 0.1) is 6.54 Å². The number of nitrogens with zero attached hydrogens (tertiary/aromatic N) is 2. The van der Waals surface area contributed by atoms with Crippen molar-refractivity contribution in [3.63, 3.8) is 0 Å². The SMILES string of the molecule is CC(C)(CN=C(N)N1CCSCC1)c1ccccc1Cl.I. The summed E-state index contributed by atoms with van der Waals surface area (Å²) >= 11 is 8.25. The molecule has 0 atom stereocenters. The topological polar surface area (TPSA) is 41.6 Å². The maximum absolute atomic E-state index is 6.28. The van der Waals surface area contributed by atoms with Crippen molar-refractivity contribution in [2.45, 2.75) is 19.3 Å². The smallest absolute Gasteiger partial charge is 0.191 e. The van der Waals surface area contributed by atoms with Gasteiger partial charge in [-0.05, 0) is 11.6 Å². The minimum atomic E-state index is -0.118. The summed E-state index contributed by atoms with van der Waals surface area (Å²) in [5.74, 6) is 2.92. The summed E-state index contributed by atoms with van der Waals surface area (Å²) in [5, 5.41) is 0.792. The molecule has 6 heteroatoms. The van der Waals surface area contributed by atoms with Crippen LogP contribution in [0.4, 0.5) is 0 Å². The molecule has 0 amide bonds. The van der Waals surface area contributed by atoms with Gasteiger partial charge in [-0.2, -0.15) is 11.8 Å². The molecule has 1 aromatic carbocycles. The molecular formula is C15H23ClIN3S. The molecule has 0 aliphatic carbocycles. The van der Waals surface area contributed by atoms with Crippen molar-refractivity contribution in [3.05, 3.63) is 34.9 Å². The first-order chi connectivity index (χ1) is 9.50. The fourth-order valence-electron chi connectivity index (χ4n) is 2.27. The Balaban J connectivity index is 0.00000220. The van der Waals surface area contributed by atoms with Crippen LogP contribution >= 0.6 is 47.3 Å². The van der Waals surface area contributed by atoms with Crippen molar-refractivity contribution >= 4 is 53.3 Å². The molecule has 1 heterocycles. The molecule has 1 saturated heterocycles. The molecule has 1 fully saturated rings. The lowest BCUT2D eigenvalue weighted by molar-refractivity contribution is 0.449. The molecule has 0 saturated carbocycles. The number of hydrogen-bond acceptors (Lipinski definition) is 2. The van der Waals surface area contributed by atoms with E-state index < -0.39 is 0 Å². The largest absolute Gasteiger partial charge is 0.370 e. The standard InChI is InChI=1S/C15H22ClN3S.HI/c1-15(2,12-5-3-4-6-13(12)16)11-18-14(17)19-7-9-20-10-8-19;/h3-6H,7-11H2,1-2H3,(H2,17,18);1H. The summed E-state index contributed by atoms with van der Waals surface area (Å²) in [4.78, 5) is 6.76. The number of guanidine groups is 1. The lowest BCUT2D eigenvalue weighted by atomic mass is 9.85. The van der Waals surface area contributed by atoms with Crippen LogP contribution in [0.5, 0.6) is 0 Å². The van der Waals surface area contributed by atoms with E-state index in [1.54, 1.807) is 0 Å². The van der Waals surface area contributed by atoms with E-state index in [0.717, 1.165) is 35.2 Å². The van der Waals surface area contributed by atoms with Gasteiger partial charge in [0.25, 0.3) is 0 Å². The Bertz CT molecular complexity index is 488. The molecule has 118 valence electrons. The van der Waals surface area contributed by atoms with Gasteiger partial charge < -0.3 is 10.6 Å². The summed E-state index contributed by atoms with van der Waals surface area (Å²) < 4.78 is 0. The molecule has 2 N–H and O–H groups in total. The van der Waals surface area contributed by atoms with Gasteiger partial charge in [0.15, 0.2) is 5.96 Å². The van der Waals surface area contributed by atoms with Crippen molar-refractivity contribution in [2.75, 3.05) is 31.1 Å². The third-order valence-electron chi connectivity index (χ3n) is 3.57. The molecule has 1 aliphatic rings. The fourth-order valence-corrected chi connectivity index (χ4v) is 3.56. The van der Waals surface area contributed by atoms with Gasteiger partial charge in [-0.3, -0.25) is 4.99 Å². The lowest BCUT2D eigenvalue weighted by Gasteiger charge is -2.29. The van der Waals surface area contributed by atoms with Gasteiger partial charge in [-0.15, -0.1) is 24.0 Å². The van der Waals surface area contributed by atoms with E-state index in [9.17, 15) is 0 Å². The number of aliphatic imine (C=N–C) groups is 1. The molecule has 21 heavy (non-hydrogen) atoms. The number of hydrogen-bond donors (Lipinski definition) is 1. The maximum atomic E-state index is 6.28. The Kier molecular flexibility index (Phi) is 7.64. The molecule has 2 rings (SSSR count). The van der Waals surface area contributed by atoms with Crippen LogP contribution in [-0.2, 0) is 5.41 Å². The van der Waals surface area contributed by atoms with Gasteiger partial charge in [-0.25, -0.2) is 0 Å². The summed E-state index contributed by atoms with van der Waals surface area (Å²) in [6, 6.07) is 7.95. The second-order valence-electron chi connectivity index (χ2n) is 5.64. The Hall–Kier alpha value is -0.140. The second kappa shape index (κ2) is 8.48. The first-order valence-corrected chi connectivity index (χ1v) is 8.41. The monoisotopic (exact) mass is 439 g/mol. The zero-order valence-electron chi connectivity index (χ0n) is 12.5. The molecular weight excluding hydrogens is 417 g/mol. The number of rotatable bonds is 3. The Labute approximate surface area is 153 Å². The molecule has 1 aromatic rings. The summed E-state index contributed by atoms with van der Waals surface area (Å²) in [6.45, 7) is 6.93. The quantitative estimate of drug-likeness (QED) is 0.444. The molecule has 3 nitrogen and oxygen atoms in total. The first kappa shape index (κ1) is 18.9. The van der Waals surface area contributed by atoms with Crippen molar-refractivity contribution in [3.8, 4) is 0 Å². The predicted molar refractivity (Wildman–Crippen MR) is 105 cm³/mol. The van der Waals surface area contributed by atoms with Crippen LogP contribution in [-0.4, -0.2) is 42.0 Å².